The standard InChI is InChI=1S/C34H63NO3/c1-3-5-7-9-11-13-14-15-16-17-18-19-20-22-23-25-27-29-33(37)32(31-36)35-34(38)30-28-26-24-21-12-10-8-6-4-2/h20-22,24,27,29,32-33,36-37H,3-19,23,25-26,28,30-31H2,1-2H3,(H,35,38)/b22-20+,24-21-,29-27+. The van der Waals surface area contributed by atoms with E-state index in [1.54, 1.807) is 6.08 Å². The van der Waals surface area contributed by atoms with E-state index in [1.807, 2.05) is 6.08 Å². The van der Waals surface area contributed by atoms with Crippen LogP contribution in [0, 0.1) is 0 Å². The fraction of sp³-hybridized carbons (Fsp3) is 0.794. The molecule has 0 radical (unpaired) electrons. The zero-order valence-corrected chi connectivity index (χ0v) is 25.2. The summed E-state index contributed by atoms with van der Waals surface area (Å²) in [5.74, 6) is -0.113. The highest BCUT2D eigenvalue weighted by atomic mass is 16.3. The predicted molar refractivity (Wildman–Crippen MR) is 165 cm³/mol. The van der Waals surface area contributed by atoms with E-state index in [0.29, 0.717) is 6.42 Å². The molecule has 4 heteroatoms. The topological polar surface area (TPSA) is 69.6 Å². The third kappa shape index (κ3) is 26.2. The lowest BCUT2D eigenvalue weighted by atomic mass is 10.1. The molecule has 0 bridgehead atoms. The van der Waals surface area contributed by atoms with Gasteiger partial charge in [-0.3, -0.25) is 4.79 Å². The summed E-state index contributed by atoms with van der Waals surface area (Å²) >= 11 is 0. The number of allylic oxidation sites excluding steroid dienone is 5. The number of carbonyl (C=O) groups excluding carboxylic acids is 1. The molecular formula is C34H63NO3. The van der Waals surface area contributed by atoms with E-state index < -0.39 is 12.1 Å². The van der Waals surface area contributed by atoms with Gasteiger partial charge in [-0.2, -0.15) is 0 Å². The average Bonchev–Trinajstić information content (AvgIpc) is 2.92. The summed E-state index contributed by atoms with van der Waals surface area (Å²) in [4.78, 5) is 12.2. The second-order valence-corrected chi connectivity index (χ2v) is 10.9. The molecule has 0 fully saturated rings. The van der Waals surface area contributed by atoms with E-state index in [1.165, 1.54) is 96.3 Å². The van der Waals surface area contributed by atoms with Gasteiger partial charge in [-0.05, 0) is 51.4 Å². The van der Waals surface area contributed by atoms with Crippen LogP contribution < -0.4 is 5.32 Å². The van der Waals surface area contributed by atoms with Crippen molar-refractivity contribution in [3.05, 3.63) is 36.5 Å². The number of aliphatic hydroxyl groups is 2. The molecule has 0 saturated carbocycles. The highest BCUT2D eigenvalue weighted by Crippen LogP contribution is 2.12. The molecule has 0 aromatic rings. The third-order valence-electron chi connectivity index (χ3n) is 7.10. The Morgan fingerprint density at radius 3 is 1.55 bits per heavy atom. The van der Waals surface area contributed by atoms with Crippen LogP contribution in [0.25, 0.3) is 0 Å². The highest BCUT2D eigenvalue weighted by Gasteiger charge is 2.17. The Balaban J connectivity index is 3.74. The number of aliphatic hydroxyl groups excluding tert-OH is 2. The van der Waals surface area contributed by atoms with Crippen LogP contribution >= 0.6 is 0 Å². The SMILES string of the molecule is CCCCCC/C=C\CCCC(=O)NC(CO)C(O)/C=C/CC/C=C/CCCCCCCCCCCCC. The molecule has 1 amide bonds. The van der Waals surface area contributed by atoms with Crippen molar-refractivity contribution in [1.82, 2.24) is 5.32 Å². The van der Waals surface area contributed by atoms with Crippen molar-refractivity contribution < 1.29 is 15.0 Å². The minimum absolute atomic E-state index is 0.113. The molecule has 222 valence electrons. The van der Waals surface area contributed by atoms with E-state index in [4.69, 9.17) is 0 Å². The second kappa shape index (κ2) is 30.2. The molecule has 4 nitrogen and oxygen atoms in total. The number of hydrogen-bond donors (Lipinski definition) is 3. The first-order chi connectivity index (χ1) is 18.7. The number of carbonyl (C=O) groups is 1. The lowest BCUT2D eigenvalue weighted by Crippen LogP contribution is -2.45. The Labute approximate surface area is 236 Å². The van der Waals surface area contributed by atoms with Gasteiger partial charge in [-0.1, -0.05) is 134 Å². The largest absolute Gasteiger partial charge is 0.394 e. The molecule has 0 aliphatic heterocycles. The molecule has 0 spiro atoms. The molecule has 0 aliphatic rings. The number of nitrogens with one attached hydrogen (secondary N) is 1. The van der Waals surface area contributed by atoms with Gasteiger partial charge in [0.15, 0.2) is 0 Å². The molecule has 0 aromatic carbocycles. The molecular weight excluding hydrogens is 470 g/mol. The lowest BCUT2D eigenvalue weighted by Gasteiger charge is -2.19. The maximum atomic E-state index is 12.2. The van der Waals surface area contributed by atoms with E-state index >= 15 is 0 Å². The van der Waals surface area contributed by atoms with Crippen LogP contribution in [0.5, 0.6) is 0 Å². The van der Waals surface area contributed by atoms with Gasteiger partial charge < -0.3 is 15.5 Å². The summed E-state index contributed by atoms with van der Waals surface area (Å²) < 4.78 is 0. The number of unbranched alkanes of at least 4 members (excludes halogenated alkanes) is 17. The molecule has 2 unspecified atom stereocenters. The molecule has 3 N–H and O–H groups in total. The number of rotatable bonds is 28. The van der Waals surface area contributed by atoms with Gasteiger partial charge in [-0.15, -0.1) is 0 Å². The van der Waals surface area contributed by atoms with Crippen molar-refractivity contribution in [3.8, 4) is 0 Å². The summed E-state index contributed by atoms with van der Waals surface area (Å²) in [7, 11) is 0. The zero-order chi connectivity index (χ0) is 27.9. The van der Waals surface area contributed by atoms with Crippen LogP contribution in [0.3, 0.4) is 0 Å². The van der Waals surface area contributed by atoms with E-state index in [0.717, 1.165) is 38.5 Å². The Kier molecular flexibility index (Phi) is 29.1. The van der Waals surface area contributed by atoms with Gasteiger partial charge in [0.1, 0.15) is 0 Å². The van der Waals surface area contributed by atoms with Crippen molar-refractivity contribution in [3.63, 3.8) is 0 Å². The van der Waals surface area contributed by atoms with Crippen molar-refractivity contribution in [2.24, 2.45) is 0 Å². The quantitative estimate of drug-likeness (QED) is 0.0693. The molecule has 0 rings (SSSR count). The van der Waals surface area contributed by atoms with E-state index in [-0.39, 0.29) is 12.5 Å². The Morgan fingerprint density at radius 1 is 0.605 bits per heavy atom. The van der Waals surface area contributed by atoms with Gasteiger partial charge in [0.25, 0.3) is 0 Å². The van der Waals surface area contributed by atoms with Crippen molar-refractivity contribution in [2.45, 2.75) is 167 Å². The third-order valence-corrected chi connectivity index (χ3v) is 7.10. The van der Waals surface area contributed by atoms with Crippen LogP contribution in [-0.2, 0) is 4.79 Å². The van der Waals surface area contributed by atoms with Crippen molar-refractivity contribution in [1.29, 1.82) is 0 Å². The monoisotopic (exact) mass is 533 g/mol. The summed E-state index contributed by atoms with van der Waals surface area (Å²) in [6.07, 6.45) is 38.0. The molecule has 0 heterocycles. The minimum Gasteiger partial charge on any atom is -0.394 e. The van der Waals surface area contributed by atoms with Gasteiger partial charge in [-0.25, -0.2) is 0 Å². The van der Waals surface area contributed by atoms with Crippen LogP contribution in [0.4, 0.5) is 0 Å². The van der Waals surface area contributed by atoms with Crippen LogP contribution in [0.1, 0.15) is 155 Å². The minimum atomic E-state index is -0.868. The molecule has 0 aromatic heterocycles. The van der Waals surface area contributed by atoms with E-state index in [2.05, 4.69) is 43.5 Å². The highest BCUT2D eigenvalue weighted by molar-refractivity contribution is 5.76. The average molecular weight is 534 g/mol. The Morgan fingerprint density at radius 2 is 1.03 bits per heavy atom. The van der Waals surface area contributed by atoms with Gasteiger partial charge in [0.05, 0.1) is 18.8 Å². The van der Waals surface area contributed by atoms with Gasteiger partial charge >= 0.3 is 0 Å². The number of hydrogen-bond acceptors (Lipinski definition) is 3. The normalized spacial score (nSPS) is 13.7. The number of amides is 1. The summed E-state index contributed by atoms with van der Waals surface area (Å²) in [6.45, 7) is 4.22. The second-order valence-electron chi connectivity index (χ2n) is 10.9. The fourth-order valence-corrected chi connectivity index (χ4v) is 4.55. The molecule has 0 aliphatic carbocycles. The summed E-state index contributed by atoms with van der Waals surface area (Å²) in [5, 5.41) is 22.7. The smallest absolute Gasteiger partial charge is 0.220 e. The lowest BCUT2D eigenvalue weighted by molar-refractivity contribution is -0.122. The van der Waals surface area contributed by atoms with Gasteiger partial charge in [0, 0.05) is 6.42 Å². The zero-order valence-electron chi connectivity index (χ0n) is 25.2. The summed E-state index contributed by atoms with van der Waals surface area (Å²) in [6, 6.07) is -0.649. The predicted octanol–water partition coefficient (Wildman–Crippen LogP) is 9.12. The van der Waals surface area contributed by atoms with Crippen LogP contribution in [-0.4, -0.2) is 34.9 Å². The van der Waals surface area contributed by atoms with Gasteiger partial charge in [0.2, 0.25) is 5.91 Å². The maximum absolute atomic E-state index is 12.2. The van der Waals surface area contributed by atoms with Crippen LogP contribution in [0.15, 0.2) is 36.5 Å². The molecule has 2 atom stereocenters. The van der Waals surface area contributed by atoms with Crippen molar-refractivity contribution >= 4 is 5.91 Å². The molecule has 0 saturated heterocycles. The Bertz CT molecular complexity index is 584. The van der Waals surface area contributed by atoms with Crippen molar-refractivity contribution in [2.75, 3.05) is 6.61 Å². The first-order valence-electron chi connectivity index (χ1n) is 16.2. The summed E-state index contributed by atoms with van der Waals surface area (Å²) in [5.41, 5.74) is 0. The van der Waals surface area contributed by atoms with Crippen LogP contribution in [0.2, 0.25) is 0 Å². The van der Waals surface area contributed by atoms with E-state index in [9.17, 15) is 15.0 Å². The Hall–Kier alpha value is -1.39. The molecule has 38 heavy (non-hydrogen) atoms. The maximum Gasteiger partial charge on any atom is 0.220 e. The first kappa shape index (κ1) is 36.6. The fourth-order valence-electron chi connectivity index (χ4n) is 4.55. The first-order valence-corrected chi connectivity index (χ1v) is 16.2.